The Labute approximate surface area is 153 Å². The lowest BCUT2D eigenvalue weighted by Crippen LogP contribution is -2.57. The third kappa shape index (κ3) is 8.15. The Balaban J connectivity index is 4.88. The molecule has 0 unspecified atom stereocenters. The van der Waals surface area contributed by atoms with Crippen molar-refractivity contribution in [1.29, 1.82) is 0 Å². The van der Waals surface area contributed by atoms with Gasteiger partial charge in [0.1, 0.15) is 11.6 Å². The van der Waals surface area contributed by atoms with E-state index in [1.807, 2.05) is 0 Å². The van der Waals surface area contributed by atoms with E-state index in [4.69, 9.17) is 16.2 Å². The number of carbonyl (C=O) groups is 4. The minimum atomic E-state index is -1.35. The zero-order valence-corrected chi connectivity index (χ0v) is 15.9. The number of amides is 3. The molecule has 2 atom stereocenters. The molecule has 0 aromatic rings. The molecule has 0 saturated heterocycles. The summed E-state index contributed by atoms with van der Waals surface area (Å²) in [5.74, 6) is -2.69. The van der Waals surface area contributed by atoms with Crippen LogP contribution < -0.4 is 22.1 Å². The molecule has 0 heterocycles. The van der Waals surface area contributed by atoms with Crippen molar-refractivity contribution in [3.8, 4) is 0 Å². The first kappa shape index (κ1) is 23.6. The van der Waals surface area contributed by atoms with Crippen LogP contribution in [0.15, 0.2) is 0 Å². The summed E-state index contributed by atoms with van der Waals surface area (Å²) in [6, 6.07) is -3.23. The number of carboxylic acid groups (broad SMARTS) is 1. The van der Waals surface area contributed by atoms with Crippen LogP contribution in [0.2, 0.25) is 0 Å². The molecular weight excluding hydrogens is 344 g/mol. The number of esters is 1. The third-order valence-corrected chi connectivity index (χ3v) is 3.57. The summed E-state index contributed by atoms with van der Waals surface area (Å²) < 4.78 is 5.26. The normalized spacial score (nSPS) is 14.1. The number of carboxylic acids is 1. The standard InChI is InChI=1S/C16H30N4O6/c1-15(2,3)26-13(24)16(4,5)10(17)11(21)20-9(12(22)23)7-6-8-19-14(18)25/h9-10H,6-8,17H2,1-5H3,(H,20,21)(H,22,23)(H3,18,19,25)/t9-,10+/m0/s1. The fourth-order valence-electron chi connectivity index (χ4n) is 1.90. The first-order valence-corrected chi connectivity index (χ1v) is 8.24. The summed E-state index contributed by atoms with van der Waals surface area (Å²) in [6.07, 6.45) is 0.339. The van der Waals surface area contributed by atoms with Gasteiger partial charge >= 0.3 is 18.0 Å². The lowest BCUT2D eigenvalue weighted by atomic mass is 9.84. The molecular formula is C16H30N4O6. The van der Waals surface area contributed by atoms with Gasteiger partial charge in [-0.15, -0.1) is 0 Å². The van der Waals surface area contributed by atoms with Crippen molar-refractivity contribution in [2.75, 3.05) is 6.54 Å². The van der Waals surface area contributed by atoms with Crippen molar-refractivity contribution in [2.24, 2.45) is 16.9 Å². The number of nitrogens with two attached hydrogens (primary N) is 2. The van der Waals surface area contributed by atoms with E-state index in [0.717, 1.165) is 0 Å². The van der Waals surface area contributed by atoms with Crippen LogP contribution in [0.25, 0.3) is 0 Å². The van der Waals surface area contributed by atoms with Crippen LogP contribution in [0.3, 0.4) is 0 Å². The summed E-state index contributed by atoms with van der Waals surface area (Å²) >= 11 is 0. The number of urea groups is 1. The first-order chi connectivity index (χ1) is 11.7. The van der Waals surface area contributed by atoms with Crippen LogP contribution in [-0.4, -0.2) is 53.2 Å². The second kappa shape index (κ2) is 9.37. The van der Waals surface area contributed by atoms with Gasteiger partial charge in [0.25, 0.3) is 0 Å². The van der Waals surface area contributed by atoms with Crippen molar-refractivity contribution < 1.29 is 29.0 Å². The maximum absolute atomic E-state index is 12.3. The number of nitrogens with one attached hydrogen (secondary N) is 2. The quantitative estimate of drug-likeness (QED) is 0.272. The number of hydrogen-bond acceptors (Lipinski definition) is 6. The van der Waals surface area contributed by atoms with E-state index in [1.165, 1.54) is 13.8 Å². The molecule has 0 aliphatic rings. The lowest BCUT2D eigenvalue weighted by Gasteiger charge is -2.32. The summed E-state index contributed by atoms with van der Waals surface area (Å²) in [6.45, 7) is 8.15. The molecule has 0 saturated carbocycles. The Morgan fingerprint density at radius 1 is 1.12 bits per heavy atom. The van der Waals surface area contributed by atoms with Crippen LogP contribution in [0, 0.1) is 5.41 Å². The van der Waals surface area contributed by atoms with E-state index in [-0.39, 0.29) is 19.4 Å². The number of rotatable bonds is 9. The molecule has 0 fully saturated rings. The molecule has 0 rings (SSSR count). The van der Waals surface area contributed by atoms with Crippen LogP contribution >= 0.6 is 0 Å². The van der Waals surface area contributed by atoms with Crippen molar-refractivity contribution in [3.05, 3.63) is 0 Å². The van der Waals surface area contributed by atoms with E-state index in [1.54, 1.807) is 20.8 Å². The summed E-state index contributed by atoms with van der Waals surface area (Å²) in [5, 5.41) is 13.9. The topological polar surface area (TPSA) is 174 Å². The number of carbonyl (C=O) groups excluding carboxylic acids is 3. The van der Waals surface area contributed by atoms with Crippen LogP contribution in [-0.2, 0) is 19.1 Å². The molecule has 10 heteroatoms. The Hall–Kier alpha value is -2.36. The maximum atomic E-state index is 12.3. The van der Waals surface area contributed by atoms with E-state index >= 15 is 0 Å². The lowest BCUT2D eigenvalue weighted by molar-refractivity contribution is -0.168. The van der Waals surface area contributed by atoms with Gasteiger partial charge in [-0.05, 0) is 47.5 Å². The van der Waals surface area contributed by atoms with Gasteiger partial charge in [-0.1, -0.05) is 0 Å². The van der Waals surface area contributed by atoms with Gasteiger partial charge < -0.3 is 31.9 Å². The molecule has 0 bridgehead atoms. The monoisotopic (exact) mass is 374 g/mol. The average molecular weight is 374 g/mol. The fourth-order valence-corrected chi connectivity index (χ4v) is 1.90. The van der Waals surface area contributed by atoms with Gasteiger partial charge in [0, 0.05) is 6.54 Å². The molecule has 10 nitrogen and oxygen atoms in total. The van der Waals surface area contributed by atoms with Gasteiger partial charge in [0.2, 0.25) is 5.91 Å². The predicted molar refractivity (Wildman–Crippen MR) is 94.0 cm³/mol. The Bertz CT molecular complexity index is 541. The van der Waals surface area contributed by atoms with E-state index < -0.39 is 47.0 Å². The minimum Gasteiger partial charge on any atom is -0.480 e. The second-order valence-electron chi connectivity index (χ2n) is 7.53. The zero-order valence-electron chi connectivity index (χ0n) is 15.9. The minimum absolute atomic E-state index is 0.0565. The largest absolute Gasteiger partial charge is 0.480 e. The van der Waals surface area contributed by atoms with Crippen molar-refractivity contribution in [1.82, 2.24) is 10.6 Å². The highest BCUT2D eigenvalue weighted by molar-refractivity contribution is 5.92. The van der Waals surface area contributed by atoms with Crippen LogP contribution in [0.5, 0.6) is 0 Å². The Kier molecular flexibility index (Phi) is 8.52. The smallest absolute Gasteiger partial charge is 0.326 e. The third-order valence-electron chi connectivity index (χ3n) is 3.57. The molecule has 0 aromatic carbocycles. The van der Waals surface area contributed by atoms with Gasteiger partial charge in [-0.3, -0.25) is 9.59 Å². The summed E-state index contributed by atoms with van der Waals surface area (Å²) in [4.78, 5) is 46.5. The van der Waals surface area contributed by atoms with Crippen LogP contribution in [0.1, 0.15) is 47.5 Å². The molecule has 0 aliphatic carbocycles. The molecule has 0 radical (unpaired) electrons. The predicted octanol–water partition coefficient (Wildman–Crippen LogP) is -0.300. The highest BCUT2D eigenvalue weighted by Crippen LogP contribution is 2.24. The number of primary amides is 1. The average Bonchev–Trinajstić information content (AvgIpc) is 2.46. The van der Waals surface area contributed by atoms with Gasteiger partial charge in [-0.25, -0.2) is 9.59 Å². The fraction of sp³-hybridized carbons (Fsp3) is 0.750. The number of aliphatic carboxylic acids is 1. The van der Waals surface area contributed by atoms with Gasteiger partial charge in [0.15, 0.2) is 0 Å². The Morgan fingerprint density at radius 3 is 2.08 bits per heavy atom. The van der Waals surface area contributed by atoms with Crippen molar-refractivity contribution in [3.63, 3.8) is 0 Å². The van der Waals surface area contributed by atoms with Crippen molar-refractivity contribution in [2.45, 2.75) is 65.1 Å². The van der Waals surface area contributed by atoms with E-state index in [2.05, 4.69) is 10.6 Å². The van der Waals surface area contributed by atoms with Gasteiger partial charge in [0.05, 0.1) is 11.5 Å². The highest BCUT2D eigenvalue weighted by Gasteiger charge is 2.42. The van der Waals surface area contributed by atoms with E-state index in [0.29, 0.717) is 0 Å². The molecule has 26 heavy (non-hydrogen) atoms. The molecule has 0 aliphatic heterocycles. The summed E-state index contributed by atoms with van der Waals surface area (Å²) in [7, 11) is 0. The van der Waals surface area contributed by atoms with Gasteiger partial charge in [-0.2, -0.15) is 0 Å². The zero-order chi connectivity index (χ0) is 20.7. The molecule has 7 N–H and O–H groups in total. The maximum Gasteiger partial charge on any atom is 0.326 e. The molecule has 3 amide bonds. The Morgan fingerprint density at radius 2 is 1.65 bits per heavy atom. The van der Waals surface area contributed by atoms with E-state index in [9.17, 15) is 24.3 Å². The molecule has 0 aromatic heterocycles. The molecule has 0 spiro atoms. The van der Waals surface area contributed by atoms with Crippen LogP contribution in [0.4, 0.5) is 4.79 Å². The molecule has 150 valence electrons. The number of hydrogen-bond donors (Lipinski definition) is 5. The van der Waals surface area contributed by atoms with Crippen molar-refractivity contribution >= 4 is 23.9 Å². The summed E-state index contributed by atoms with van der Waals surface area (Å²) in [5.41, 5.74) is 8.69. The second-order valence-corrected chi connectivity index (χ2v) is 7.53. The SMILES string of the molecule is CC(C)(C)OC(=O)C(C)(C)[C@H](N)C(=O)N[C@@H](CCCNC(N)=O)C(=O)O. The first-order valence-electron chi connectivity index (χ1n) is 8.24. The highest BCUT2D eigenvalue weighted by atomic mass is 16.6. The number of ether oxygens (including phenoxy) is 1.